The predicted molar refractivity (Wildman–Crippen MR) is 59.4 cm³/mol. The minimum absolute atomic E-state index is 0.0752. The van der Waals surface area contributed by atoms with Gasteiger partial charge in [-0.2, -0.15) is 0 Å². The van der Waals surface area contributed by atoms with Gasteiger partial charge in [-0.25, -0.2) is 0 Å². The van der Waals surface area contributed by atoms with Gasteiger partial charge in [0.15, 0.2) is 0 Å². The molecule has 1 aromatic carbocycles. The van der Waals surface area contributed by atoms with E-state index in [9.17, 15) is 5.11 Å². The van der Waals surface area contributed by atoms with Gasteiger partial charge < -0.3 is 10.4 Å². The highest BCUT2D eigenvalue weighted by molar-refractivity contribution is 5.60. The van der Waals surface area contributed by atoms with Crippen LogP contribution < -0.4 is 5.32 Å². The number of rotatable bonds is 0. The highest BCUT2D eigenvalue weighted by Gasteiger charge is 2.36. The number of phenolic OH excluding ortho intramolecular Hbond substituents is 1. The van der Waals surface area contributed by atoms with Gasteiger partial charge in [-0.3, -0.25) is 4.99 Å². The molecule has 0 amide bonds. The molecule has 15 heavy (non-hydrogen) atoms. The molecule has 2 aliphatic rings. The Hall–Kier alpha value is -1.51. The van der Waals surface area contributed by atoms with Crippen molar-refractivity contribution >= 4 is 6.34 Å². The Morgan fingerprint density at radius 2 is 2.33 bits per heavy atom. The van der Waals surface area contributed by atoms with Gasteiger partial charge in [0.2, 0.25) is 0 Å². The van der Waals surface area contributed by atoms with Crippen molar-refractivity contribution in [1.29, 1.82) is 0 Å². The van der Waals surface area contributed by atoms with E-state index in [0.717, 1.165) is 31.4 Å². The molecular formula is C12H14N2O. The SMILES string of the molecule is Oc1cccc2c1CC1(CC2)CN=CN1. The van der Waals surface area contributed by atoms with E-state index in [1.807, 2.05) is 6.07 Å². The topological polar surface area (TPSA) is 44.6 Å². The van der Waals surface area contributed by atoms with E-state index in [0.29, 0.717) is 5.75 Å². The number of phenols is 1. The average molecular weight is 202 g/mol. The van der Waals surface area contributed by atoms with Gasteiger partial charge in [0.05, 0.1) is 18.4 Å². The summed E-state index contributed by atoms with van der Waals surface area (Å²) in [4.78, 5) is 4.25. The summed E-state index contributed by atoms with van der Waals surface area (Å²) in [7, 11) is 0. The highest BCUT2D eigenvalue weighted by atomic mass is 16.3. The van der Waals surface area contributed by atoms with Crippen molar-refractivity contribution < 1.29 is 5.11 Å². The minimum atomic E-state index is 0.0752. The van der Waals surface area contributed by atoms with Gasteiger partial charge in [-0.1, -0.05) is 12.1 Å². The Labute approximate surface area is 88.8 Å². The molecule has 1 aromatic rings. The van der Waals surface area contributed by atoms with Crippen LogP contribution in [0, 0.1) is 0 Å². The second-order valence-corrected chi connectivity index (χ2v) is 4.49. The van der Waals surface area contributed by atoms with E-state index in [2.05, 4.69) is 16.4 Å². The van der Waals surface area contributed by atoms with Crippen molar-refractivity contribution in [3.05, 3.63) is 29.3 Å². The average Bonchev–Trinajstić information content (AvgIpc) is 2.68. The fourth-order valence-corrected chi connectivity index (χ4v) is 2.57. The molecule has 0 saturated heterocycles. The smallest absolute Gasteiger partial charge is 0.119 e. The standard InChI is InChI=1S/C12H14N2O/c15-11-3-1-2-9-4-5-12(6-10(9)11)7-13-8-14-12/h1-3,8,15H,4-7H2,(H,13,14). The summed E-state index contributed by atoms with van der Waals surface area (Å²) in [6, 6.07) is 5.80. The zero-order valence-electron chi connectivity index (χ0n) is 8.53. The number of nitrogens with one attached hydrogen (secondary N) is 1. The summed E-state index contributed by atoms with van der Waals surface area (Å²) in [6.45, 7) is 0.834. The maximum Gasteiger partial charge on any atom is 0.119 e. The van der Waals surface area contributed by atoms with Crippen molar-refractivity contribution in [1.82, 2.24) is 5.32 Å². The second kappa shape index (κ2) is 2.99. The lowest BCUT2D eigenvalue weighted by atomic mass is 9.78. The summed E-state index contributed by atoms with van der Waals surface area (Å²) < 4.78 is 0. The molecule has 1 aliphatic carbocycles. The van der Waals surface area contributed by atoms with E-state index < -0.39 is 0 Å². The maximum atomic E-state index is 9.83. The molecule has 0 aromatic heterocycles. The van der Waals surface area contributed by atoms with Crippen LogP contribution in [0.4, 0.5) is 0 Å². The summed E-state index contributed by atoms with van der Waals surface area (Å²) in [5.41, 5.74) is 2.46. The van der Waals surface area contributed by atoms with Gasteiger partial charge in [0.25, 0.3) is 0 Å². The van der Waals surface area contributed by atoms with E-state index >= 15 is 0 Å². The fraction of sp³-hybridized carbons (Fsp3) is 0.417. The van der Waals surface area contributed by atoms with Crippen LogP contribution in [0.25, 0.3) is 0 Å². The normalized spacial score (nSPS) is 27.7. The van der Waals surface area contributed by atoms with Gasteiger partial charge in [-0.15, -0.1) is 0 Å². The molecule has 1 atom stereocenters. The van der Waals surface area contributed by atoms with E-state index in [-0.39, 0.29) is 5.54 Å². The first-order chi connectivity index (χ1) is 7.29. The molecule has 78 valence electrons. The molecule has 3 heteroatoms. The van der Waals surface area contributed by atoms with Crippen LogP contribution in [0.2, 0.25) is 0 Å². The number of hydrogen-bond acceptors (Lipinski definition) is 3. The maximum absolute atomic E-state index is 9.83. The van der Waals surface area contributed by atoms with Crippen LogP contribution >= 0.6 is 0 Å². The molecular weight excluding hydrogens is 188 g/mol. The molecule has 3 rings (SSSR count). The second-order valence-electron chi connectivity index (χ2n) is 4.49. The Morgan fingerprint density at radius 3 is 3.13 bits per heavy atom. The molecule has 2 N–H and O–H groups in total. The molecule has 3 nitrogen and oxygen atoms in total. The molecule has 1 heterocycles. The quantitative estimate of drug-likeness (QED) is 0.665. The number of benzene rings is 1. The number of hydrogen-bond donors (Lipinski definition) is 2. The Kier molecular flexibility index (Phi) is 1.75. The van der Waals surface area contributed by atoms with Crippen LogP contribution in [0.3, 0.4) is 0 Å². The lowest BCUT2D eigenvalue weighted by molar-refractivity contribution is 0.353. The first kappa shape index (κ1) is 8.77. The number of aliphatic imine (C=N–C) groups is 1. The Balaban J connectivity index is 1.98. The van der Waals surface area contributed by atoms with Crippen molar-refractivity contribution in [2.45, 2.75) is 24.8 Å². The van der Waals surface area contributed by atoms with Crippen LogP contribution in [0.5, 0.6) is 5.75 Å². The Bertz CT molecular complexity index is 418. The Morgan fingerprint density at radius 1 is 1.40 bits per heavy atom. The minimum Gasteiger partial charge on any atom is -0.508 e. The number of aryl methyl sites for hydroxylation is 1. The highest BCUT2D eigenvalue weighted by Crippen LogP contribution is 2.34. The molecule has 0 radical (unpaired) electrons. The first-order valence-electron chi connectivity index (χ1n) is 5.35. The predicted octanol–water partition coefficient (Wildman–Crippen LogP) is 1.25. The lowest BCUT2D eigenvalue weighted by Gasteiger charge is -2.34. The molecule has 1 aliphatic heterocycles. The zero-order chi connectivity index (χ0) is 10.3. The zero-order valence-corrected chi connectivity index (χ0v) is 8.53. The third kappa shape index (κ3) is 1.30. The molecule has 0 fully saturated rings. The molecule has 0 bridgehead atoms. The summed E-state index contributed by atoms with van der Waals surface area (Å²) in [6.07, 6.45) is 4.81. The third-order valence-corrected chi connectivity index (χ3v) is 3.49. The monoisotopic (exact) mass is 202 g/mol. The van der Waals surface area contributed by atoms with Gasteiger partial charge in [0.1, 0.15) is 5.75 Å². The van der Waals surface area contributed by atoms with Crippen LogP contribution in [0.1, 0.15) is 17.5 Å². The van der Waals surface area contributed by atoms with E-state index in [4.69, 9.17) is 0 Å². The van der Waals surface area contributed by atoms with Crippen LogP contribution in [-0.4, -0.2) is 23.5 Å². The van der Waals surface area contributed by atoms with Gasteiger partial charge in [0, 0.05) is 6.42 Å². The van der Waals surface area contributed by atoms with Crippen molar-refractivity contribution in [2.75, 3.05) is 6.54 Å². The van der Waals surface area contributed by atoms with Gasteiger partial charge >= 0.3 is 0 Å². The first-order valence-corrected chi connectivity index (χ1v) is 5.35. The van der Waals surface area contributed by atoms with Crippen LogP contribution in [0.15, 0.2) is 23.2 Å². The lowest BCUT2D eigenvalue weighted by Crippen LogP contribution is -2.47. The van der Waals surface area contributed by atoms with E-state index in [1.165, 1.54) is 5.56 Å². The van der Waals surface area contributed by atoms with Crippen molar-refractivity contribution in [3.8, 4) is 5.75 Å². The van der Waals surface area contributed by atoms with Crippen molar-refractivity contribution in [2.24, 2.45) is 4.99 Å². The fourth-order valence-electron chi connectivity index (χ4n) is 2.57. The third-order valence-electron chi connectivity index (χ3n) is 3.49. The summed E-state index contributed by atoms with van der Waals surface area (Å²) >= 11 is 0. The van der Waals surface area contributed by atoms with E-state index in [1.54, 1.807) is 12.4 Å². The number of fused-ring (bicyclic) bond motifs is 1. The number of nitrogens with zero attached hydrogens (tertiary/aromatic N) is 1. The van der Waals surface area contributed by atoms with Crippen LogP contribution in [-0.2, 0) is 12.8 Å². The molecule has 1 unspecified atom stereocenters. The summed E-state index contributed by atoms with van der Waals surface area (Å²) in [5, 5.41) is 13.2. The van der Waals surface area contributed by atoms with Crippen molar-refractivity contribution in [3.63, 3.8) is 0 Å². The largest absolute Gasteiger partial charge is 0.508 e. The van der Waals surface area contributed by atoms with Gasteiger partial charge in [-0.05, 0) is 30.0 Å². The summed E-state index contributed by atoms with van der Waals surface area (Å²) in [5.74, 6) is 0.431. The number of aromatic hydroxyl groups is 1. The molecule has 0 saturated carbocycles. The molecule has 1 spiro atoms.